The summed E-state index contributed by atoms with van der Waals surface area (Å²) in [7, 11) is 1.69. The highest BCUT2D eigenvalue weighted by Crippen LogP contribution is 2.04. The summed E-state index contributed by atoms with van der Waals surface area (Å²) in [6, 6.07) is 0. The van der Waals surface area contributed by atoms with Gasteiger partial charge in [0.15, 0.2) is 0 Å². The van der Waals surface area contributed by atoms with Crippen molar-refractivity contribution >= 4 is 0 Å². The van der Waals surface area contributed by atoms with Crippen LogP contribution in [0.2, 0.25) is 0 Å². The predicted molar refractivity (Wildman–Crippen MR) is 68.6 cm³/mol. The van der Waals surface area contributed by atoms with E-state index in [1.54, 1.807) is 13.4 Å². The molecule has 0 saturated carbocycles. The summed E-state index contributed by atoms with van der Waals surface area (Å²) in [6.45, 7) is 4.77. The molecule has 19 heavy (non-hydrogen) atoms. The predicted octanol–water partition coefficient (Wildman–Crippen LogP) is 0.613. The molecule has 0 aliphatic heterocycles. The van der Waals surface area contributed by atoms with Gasteiger partial charge < -0.3 is 19.0 Å². The van der Waals surface area contributed by atoms with E-state index in [1.807, 2.05) is 17.7 Å². The van der Waals surface area contributed by atoms with E-state index < -0.39 is 0 Å². The van der Waals surface area contributed by atoms with Crippen LogP contribution in [0.4, 0.5) is 0 Å². The summed E-state index contributed by atoms with van der Waals surface area (Å²) in [4.78, 5) is 4.31. The van der Waals surface area contributed by atoms with Crippen LogP contribution in [0.3, 0.4) is 0 Å². The topological polar surface area (TPSA) is 78.0 Å². The number of hydrogen-bond donors (Lipinski definition) is 1. The fraction of sp³-hybridized carbons (Fsp3) is 0.583. The van der Waals surface area contributed by atoms with Gasteiger partial charge in [-0.15, -0.1) is 10.2 Å². The second kappa shape index (κ2) is 7.01. The Morgan fingerprint density at radius 3 is 2.95 bits per heavy atom. The highest BCUT2D eigenvalue weighted by Gasteiger charge is 2.06. The van der Waals surface area contributed by atoms with Crippen molar-refractivity contribution in [1.29, 1.82) is 0 Å². The van der Waals surface area contributed by atoms with E-state index in [9.17, 15) is 0 Å². The molecule has 0 fully saturated rings. The summed E-state index contributed by atoms with van der Waals surface area (Å²) in [6.07, 6.45) is 4.49. The second-order valence-electron chi connectivity index (χ2n) is 4.15. The molecule has 7 nitrogen and oxygen atoms in total. The summed E-state index contributed by atoms with van der Waals surface area (Å²) in [5, 5.41) is 11.2. The molecule has 2 rings (SSSR count). The third-order valence-electron chi connectivity index (χ3n) is 2.60. The number of rotatable bonds is 8. The van der Waals surface area contributed by atoms with Crippen molar-refractivity contribution in [1.82, 2.24) is 25.1 Å². The van der Waals surface area contributed by atoms with Crippen LogP contribution in [0.5, 0.6) is 0 Å². The van der Waals surface area contributed by atoms with E-state index in [2.05, 4.69) is 20.5 Å². The Morgan fingerprint density at radius 2 is 2.21 bits per heavy atom. The maximum atomic E-state index is 5.46. The van der Waals surface area contributed by atoms with Gasteiger partial charge in [-0.05, 0) is 0 Å². The van der Waals surface area contributed by atoms with Crippen LogP contribution in [0, 0.1) is 0 Å². The Hall–Kier alpha value is -1.73. The minimum Gasteiger partial charge on any atom is -0.423 e. The van der Waals surface area contributed by atoms with Crippen molar-refractivity contribution in [3.8, 4) is 0 Å². The first-order valence-corrected chi connectivity index (χ1v) is 6.33. The standard InChI is InChI=1S/C12H19N5O2/c1-3-11-15-16-12(19-11)8-17-7-10(14-9-17)6-13-4-5-18-2/h7,9,13H,3-6,8H2,1-2H3. The molecular formula is C12H19N5O2. The Bertz CT molecular complexity index is 494. The Balaban J connectivity index is 1.83. The molecule has 2 aromatic rings. The lowest BCUT2D eigenvalue weighted by Gasteiger charge is -2.00. The molecule has 0 amide bonds. The zero-order valence-electron chi connectivity index (χ0n) is 11.3. The molecular weight excluding hydrogens is 246 g/mol. The van der Waals surface area contributed by atoms with E-state index in [4.69, 9.17) is 9.15 Å². The molecule has 0 atom stereocenters. The van der Waals surface area contributed by atoms with E-state index in [0.717, 1.165) is 25.2 Å². The summed E-state index contributed by atoms with van der Waals surface area (Å²) in [5.41, 5.74) is 0.978. The van der Waals surface area contributed by atoms with Gasteiger partial charge >= 0.3 is 0 Å². The zero-order valence-corrected chi connectivity index (χ0v) is 11.3. The average molecular weight is 265 g/mol. The molecule has 7 heteroatoms. The minimum atomic E-state index is 0.554. The van der Waals surface area contributed by atoms with Gasteiger partial charge in [0.05, 0.1) is 18.6 Å². The van der Waals surface area contributed by atoms with Gasteiger partial charge in [0.1, 0.15) is 6.54 Å². The van der Waals surface area contributed by atoms with Gasteiger partial charge in [0.2, 0.25) is 11.8 Å². The van der Waals surface area contributed by atoms with Crippen molar-refractivity contribution in [2.45, 2.75) is 26.4 Å². The van der Waals surface area contributed by atoms with Gasteiger partial charge in [-0.1, -0.05) is 6.92 Å². The number of ether oxygens (including phenoxy) is 1. The third kappa shape index (κ3) is 4.15. The van der Waals surface area contributed by atoms with Crippen LogP contribution in [0.1, 0.15) is 24.4 Å². The first kappa shape index (κ1) is 13.7. The van der Waals surface area contributed by atoms with Crippen molar-refractivity contribution in [2.75, 3.05) is 20.3 Å². The third-order valence-corrected chi connectivity index (χ3v) is 2.60. The van der Waals surface area contributed by atoms with Crippen molar-refractivity contribution in [3.63, 3.8) is 0 Å². The van der Waals surface area contributed by atoms with E-state index in [0.29, 0.717) is 24.9 Å². The Kier molecular flexibility index (Phi) is 5.05. The van der Waals surface area contributed by atoms with Crippen LogP contribution >= 0.6 is 0 Å². The van der Waals surface area contributed by atoms with Crippen molar-refractivity contribution in [2.24, 2.45) is 0 Å². The highest BCUT2D eigenvalue weighted by atomic mass is 16.5. The van der Waals surface area contributed by atoms with Gasteiger partial charge in [-0.3, -0.25) is 0 Å². The number of hydrogen-bond acceptors (Lipinski definition) is 6. The van der Waals surface area contributed by atoms with Crippen LogP contribution in [0.25, 0.3) is 0 Å². The van der Waals surface area contributed by atoms with E-state index >= 15 is 0 Å². The molecule has 2 heterocycles. The van der Waals surface area contributed by atoms with Gasteiger partial charge in [-0.2, -0.15) is 0 Å². The molecule has 0 aliphatic rings. The fourth-order valence-electron chi connectivity index (χ4n) is 1.63. The molecule has 0 aliphatic carbocycles. The molecule has 0 bridgehead atoms. The summed E-state index contributed by atoms with van der Waals surface area (Å²) < 4.78 is 12.3. The SMILES string of the molecule is CCc1nnc(Cn2cnc(CNCCOC)c2)o1. The Morgan fingerprint density at radius 1 is 1.37 bits per heavy atom. The van der Waals surface area contributed by atoms with Crippen LogP contribution in [-0.4, -0.2) is 40.0 Å². The maximum absolute atomic E-state index is 5.46. The van der Waals surface area contributed by atoms with E-state index in [1.165, 1.54) is 0 Å². The molecule has 0 radical (unpaired) electrons. The number of imidazole rings is 1. The number of aryl methyl sites for hydroxylation is 1. The number of aromatic nitrogens is 4. The van der Waals surface area contributed by atoms with Gasteiger partial charge in [-0.25, -0.2) is 4.98 Å². The lowest BCUT2D eigenvalue weighted by atomic mass is 10.4. The fourth-order valence-corrected chi connectivity index (χ4v) is 1.63. The minimum absolute atomic E-state index is 0.554. The van der Waals surface area contributed by atoms with Crippen molar-refractivity contribution in [3.05, 3.63) is 30.0 Å². The number of nitrogens with zero attached hydrogens (tertiary/aromatic N) is 4. The maximum Gasteiger partial charge on any atom is 0.236 e. The summed E-state index contributed by atoms with van der Waals surface area (Å²) in [5.74, 6) is 1.27. The summed E-state index contributed by atoms with van der Waals surface area (Å²) >= 11 is 0. The molecule has 1 N–H and O–H groups in total. The average Bonchev–Trinajstić information content (AvgIpc) is 3.05. The molecule has 0 unspecified atom stereocenters. The lowest BCUT2D eigenvalue weighted by Crippen LogP contribution is -2.18. The zero-order chi connectivity index (χ0) is 13.5. The second-order valence-corrected chi connectivity index (χ2v) is 4.15. The smallest absolute Gasteiger partial charge is 0.236 e. The van der Waals surface area contributed by atoms with E-state index in [-0.39, 0.29) is 0 Å². The van der Waals surface area contributed by atoms with Crippen LogP contribution in [-0.2, 0) is 24.2 Å². The quantitative estimate of drug-likeness (QED) is 0.705. The number of nitrogens with one attached hydrogen (secondary N) is 1. The molecule has 2 aromatic heterocycles. The van der Waals surface area contributed by atoms with Crippen LogP contribution in [0.15, 0.2) is 16.9 Å². The molecule has 104 valence electrons. The molecule has 0 aromatic carbocycles. The largest absolute Gasteiger partial charge is 0.423 e. The number of methoxy groups -OCH3 is 1. The van der Waals surface area contributed by atoms with Crippen molar-refractivity contribution < 1.29 is 9.15 Å². The Labute approximate surface area is 112 Å². The van der Waals surface area contributed by atoms with Gasteiger partial charge in [0.25, 0.3) is 0 Å². The molecule has 0 spiro atoms. The lowest BCUT2D eigenvalue weighted by molar-refractivity contribution is 0.199. The first-order chi connectivity index (χ1) is 9.31. The highest BCUT2D eigenvalue weighted by molar-refractivity contribution is 4.98. The van der Waals surface area contributed by atoms with Gasteiger partial charge in [0, 0.05) is 32.8 Å². The molecule has 0 saturated heterocycles. The first-order valence-electron chi connectivity index (χ1n) is 6.33. The normalized spacial score (nSPS) is 11.1. The monoisotopic (exact) mass is 265 g/mol. The van der Waals surface area contributed by atoms with Crippen LogP contribution < -0.4 is 5.32 Å².